The largest absolute Gasteiger partial charge is 0.487 e. The summed E-state index contributed by atoms with van der Waals surface area (Å²) in [6, 6.07) is 4.07. The second-order valence-corrected chi connectivity index (χ2v) is 4.66. The summed E-state index contributed by atoms with van der Waals surface area (Å²) in [5.74, 6) is 1.97. The van der Waals surface area contributed by atoms with Crippen molar-refractivity contribution < 1.29 is 4.74 Å². The average molecular weight is 237 g/mol. The first kappa shape index (κ1) is 13.8. The Morgan fingerprint density at radius 1 is 1.35 bits per heavy atom. The summed E-state index contributed by atoms with van der Waals surface area (Å²) in [4.78, 5) is 4.31. The number of anilines is 1. The third kappa shape index (κ3) is 4.23. The zero-order valence-corrected chi connectivity index (χ0v) is 11.1. The van der Waals surface area contributed by atoms with Gasteiger partial charge in [0.25, 0.3) is 0 Å². The highest BCUT2D eigenvalue weighted by Gasteiger charge is 2.13. The number of nitrogens with two attached hydrogens (primary N) is 1. The molecule has 1 heterocycles. The molecule has 0 amide bonds. The molecule has 2 atom stereocenters. The van der Waals surface area contributed by atoms with Gasteiger partial charge in [-0.05, 0) is 45.4 Å². The van der Waals surface area contributed by atoms with Crippen LogP contribution >= 0.6 is 0 Å². The van der Waals surface area contributed by atoms with Crippen LogP contribution in [-0.4, -0.2) is 23.7 Å². The van der Waals surface area contributed by atoms with Crippen LogP contribution in [0.15, 0.2) is 18.3 Å². The predicted molar refractivity (Wildman–Crippen MR) is 71.3 cm³/mol. The van der Waals surface area contributed by atoms with Crippen LogP contribution in [0.1, 0.15) is 27.7 Å². The normalized spacial score (nSPS) is 14.5. The van der Waals surface area contributed by atoms with Gasteiger partial charge < -0.3 is 15.8 Å². The molecule has 1 aromatic rings. The van der Waals surface area contributed by atoms with Crippen LogP contribution < -0.4 is 15.8 Å². The molecule has 0 aliphatic rings. The number of hydrogen-bond acceptors (Lipinski definition) is 4. The van der Waals surface area contributed by atoms with Crippen molar-refractivity contribution in [2.45, 2.75) is 39.8 Å². The predicted octanol–water partition coefficient (Wildman–Crippen LogP) is 2.26. The minimum Gasteiger partial charge on any atom is -0.487 e. The zero-order chi connectivity index (χ0) is 12.8. The van der Waals surface area contributed by atoms with Gasteiger partial charge >= 0.3 is 0 Å². The summed E-state index contributed by atoms with van der Waals surface area (Å²) >= 11 is 0. The van der Waals surface area contributed by atoms with Crippen LogP contribution in [0.4, 0.5) is 5.82 Å². The van der Waals surface area contributed by atoms with Crippen molar-refractivity contribution in [2.75, 3.05) is 11.9 Å². The third-order valence-corrected chi connectivity index (χ3v) is 2.72. The van der Waals surface area contributed by atoms with E-state index in [0.29, 0.717) is 12.5 Å². The maximum atomic E-state index is 5.70. The molecule has 17 heavy (non-hydrogen) atoms. The van der Waals surface area contributed by atoms with E-state index in [9.17, 15) is 0 Å². The second kappa shape index (κ2) is 6.45. The molecule has 2 unspecified atom stereocenters. The standard InChI is InChI=1S/C13H23N3O/c1-9(2)17-12-6-5-7-15-13(12)16-11(4)10(3)8-14/h5-7,9-11H,8,14H2,1-4H3,(H,15,16). The van der Waals surface area contributed by atoms with Crippen LogP contribution in [0.5, 0.6) is 5.75 Å². The highest BCUT2D eigenvalue weighted by atomic mass is 16.5. The number of nitrogens with zero attached hydrogens (tertiary/aromatic N) is 1. The van der Waals surface area contributed by atoms with Gasteiger partial charge in [0.2, 0.25) is 0 Å². The van der Waals surface area contributed by atoms with Gasteiger partial charge in [-0.25, -0.2) is 4.98 Å². The molecule has 0 fully saturated rings. The van der Waals surface area contributed by atoms with Gasteiger partial charge in [-0.2, -0.15) is 0 Å². The summed E-state index contributed by atoms with van der Waals surface area (Å²) in [5.41, 5.74) is 5.65. The highest BCUT2D eigenvalue weighted by molar-refractivity contribution is 5.50. The molecule has 96 valence electrons. The lowest BCUT2D eigenvalue weighted by molar-refractivity contribution is 0.242. The lowest BCUT2D eigenvalue weighted by Crippen LogP contribution is -2.30. The fourth-order valence-corrected chi connectivity index (χ4v) is 1.41. The fraction of sp³-hybridized carbons (Fsp3) is 0.615. The van der Waals surface area contributed by atoms with E-state index in [1.54, 1.807) is 6.20 Å². The first-order valence-electron chi connectivity index (χ1n) is 6.12. The van der Waals surface area contributed by atoms with E-state index < -0.39 is 0 Å². The minimum atomic E-state index is 0.141. The highest BCUT2D eigenvalue weighted by Crippen LogP contribution is 2.23. The smallest absolute Gasteiger partial charge is 0.168 e. The molecule has 0 radical (unpaired) electrons. The van der Waals surface area contributed by atoms with Crippen LogP contribution in [-0.2, 0) is 0 Å². The first-order chi connectivity index (χ1) is 8.04. The van der Waals surface area contributed by atoms with E-state index in [2.05, 4.69) is 24.1 Å². The summed E-state index contributed by atoms with van der Waals surface area (Å²) in [6.45, 7) is 8.88. The van der Waals surface area contributed by atoms with Crippen molar-refractivity contribution in [1.29, 1.82) is 0 Å². The molecule has 0 spiro atoms. The fourth-order valence-electron chi connectivity index (χ4n) is 1.41. The molecule has 1 aromatic heterocycles. The van der Waals surface area contributed by atoms with Crippen molar-refractivity contribution in [3.05, 3.63) is 18.3 Å². The average Bonchev–Trinajstić information content (AvgIpc) is 2.29. The molecule has 0 aliphatic heterocycles. The molecule has 0 saturated carbocycles. The Morgan fingerprint density at radius 3 is 2.65 bits per heavy atom. The Hall–Kier alpha value is -1.29. The van der Waals surface area contributed by atoms with Crippen molar-refractivity contribution in [2.24, 2.45) is 11.7 Å². The lowest BCUT2D eigenvalue weighted by atomic mass is 10.0. The molecule has 1 rings (SSSR count). The Balaban J connectivity index is 2.76. The molecular weight excluding hydrogens is 214 g/mol. The van der Waals surface area contributed by atoms with Crippen molar-refractivity contribution >= 4 is 5.82 Å². The maximum absolute atomic E-state index is 5.70. The van der Waals surface area contributed by atoms with E-state index in [0.717, 1.165) is 11.6 Å². The van der Waals surface area contributed by atoms with Gasteiger partial charge in [0.15, 0.2) is 11.6 Å². The van der Waals surface area contributed by atoms with Gasteiger partial charge in [0, 0.05) is 12.2 Å². The first-order valence-corrected chi connectivity index (χ1v) is 6.12. The second-order valence-electron chi connectivity index (χ2n) is 4.66. The van der Waals surface area contributed by atoms with E-state index >= 15 is 0 Å². The van der Waals surface area contributed by atoms with Crippen LogP contribution in [0.2, 0.25) is 0 Å². The number of rotatable bonds is 6. The maximum Gasteiger partial charge on any atom is 0.168 e. The Morgan fingerprint density at radius 2 is 2.06 bits per heavy atom. The molecule has 0 bridgehead atoms. The number of aromatic nitrogens is 1. The van der Waals surface area contributed by atoms with Crippen molar-refractivity contribution in [1.82, 2.24) is 4.98 Å². The topological polar surface area (TPSA) is 60.2 Å². The van der Waals surface area contributed by atoms with Crippen molar-refractivity contribution in [3.8, 4) is 5.75 Å². The summed E-state index contributed by atoms with van der Waals surface area (Å²) in [6.07, 6.45) is 1.90. The Kier molecular flexibility index (Phi) is 5.22. The van der Waals surface area contributed by atoms with Crippen molar-refractivity contribution in [3.63, 3.8) is 0 Å². The molecular formula is C13H23N3O. The SMILES string of the molecule is CC(C)Oc1cccnc1NC(C)C(C)CN. The van der Waals surface area contributed by atoms with Gasteiger partial charge in [0.1, 0.15) is 0 Å². The third-order valence-electron chi connectivity index (χ3n) is 2.72. The number of hydrogen-bond donors (Lipinski definition) is 2. The van der Waals surface area contributed by atoms with E-state index in [1.165, 1.54) is 0 Å². The van der Waals surface area contributed by atoms with E-state index in [4.69, 9.17) is 10.5 Å². The number of ether oxygens (including phenoxy) is 1. The minimum absolute atomic E-state index is 0.141. The van der Waals surface area contributed by atoms with Crippen LogP contribution in [0, 0.1) is 5.92 Å². The molecule has 0 saturated heterocycles. The number of nitrogens with one attached hydrogen (secondary N) is 1. The van der Waals surface area contributed by atoms with Gasteiger partial charge in [-0.1, -0.05) is 6.92 Å². The van der Waals surface area contributed by atoms with Crippen LogP contribution in [0.3, 0.4) is 0 Å². The quantitative estimate of drug-likeness (QED) is 0.796. The summed E-state index contributed by atoms with van der Waals surface area (Å²) in [7, 11) is 0. The molecule has 4 heteroatoms. The zero-order valence-electron chi connectivity index (χ0n) is 11.1. The lowest BCUT2D eigenvalue weighted by Gasteiger charge is -2.22. The van der Waals surface area contributed by atoms with Gasteiger partial charge in [0.05, 0.1) is 6.10 Å². The molecule has 0 aliphatic carbocycles. The summed E-state index contributed by atoms with van der Waals surface area (Å²) in [5, 5.41) is 3.35. The van der Waals surface area contributed by atoms with Gasteiger partial charge in [-0.3, -0.25) is 0 Å². The molecule has 0 aromatic carbocycles. The summed E-state index contributed by atoms with van der Waals surface area (Å²) < 4.78 is 5.70. The Labute approximate surface area is 104 Å². The van der Waals surface area contributed by atoms with E-state index in [-0.39, 0.29) is 12.1 Å². The van der Waals surface area contributed by atoms with E-state index in [1.807, 2.05) is 26.0 Å². The number of pyridine rings is 1. The van der Waals surface area contributed by atoms with Crippen LogP contribution in [0.25, 0.3) is 0 Å². The molecule has 4 nitrogen and oxygen atoms in total. The van der Waals surface area contributed by atoms with Gasteiger partial charge in [-0.15, -0.1) is 0 Å². The molecule has 3 N–H and O–H groups in total. The Bertz CT molecular complexity index is 341. The monoisotopic (exact) mass is 237 g/mol.